The Labute approximate surface area is 134 Å². The number of imide groups is 1. The highest BCUT2D eigenvalue weighted by atomic mass is 35.5. The Balaban J connectivity index is 1.65. The number of nitrogens with one attached hydrogen (secondary N) is 1. The molecule has 0 spiro atoms. The molecule has 0 bridgehead atoms. The monoisotopic (exact) mass is 338 g/mol. The van der Waals surface area contributed by atoms with Crippen molar-refractivity contribution in [3.63, 3.8) is 0 Å². The molecule has 1 aromatic heterocycles. The first kappa shape index (κ1) is 14.9. The highest BCUT2D eigenvalue weighted by Gasteiger charge is 2.28. The Hall–Kier alpha value is -1.99. The Bertz CT molecular complexity index is 773. The summed E-state index contributed by atoms with van der Waals surface area (Å²) in [5, 5.41) is 1.03. The normalized spacial score (nSPS) is 14.6. The van der Waals surface area contributed by atoms with Crippen LogP contribution >= 0.6 is 23.4 Å². The number of carbonyl (C=O) groups excluding carboxylic acids is 3. The molecule has 0 atom stereocenters. The summed E-state index contributed by atoms with van der Waals surface area (Å²) < 4.78 is 4.95. The number of aromatic nitrogens is 1. The summed E-state index contributed by atoms with van der Waals surface area (Å²) >= 11 is 6.96. The minimum atomic E-state index is -0.653. The van der Waals surface area contributed by atoms with Crippen molar-refractivity contribution in [2.75, 3.05) is 18.9 Å². The quantitative estimate of drug-likeness (QED) is 0.870. The summed E-state index contributed by atoms with van der Waals surface area (Å²) in [4.78, 5) is 39.1. The van der Waals surface area contributed by atoms with E-state index in [1.807, 2.05) is 0 Å². The summed E-state index contributed by atoms with van der Waals surface area (Å²) in [7, 11) is 0. The summed E-state index contributed by atoms with van der Waals surface area (Å²) in [6.45, 7) is -0.105. The summed E-state index contributed by atoms with van der Waals surface area (Å²) in [5.74, 6) is -0.594. The van der Waals surface area contributed by atoms with Crippen molar-refractivity contribution in [3.8, 4) is 0 Å². The van der Waals surface area contributed by atoms with Gasteiger partial charge in [0.15, 0.2) is 6.61 Å². The van der Waals surface area contributed by atoms with Gasteiger partial charge in [-0.05, 0) is 24.3 Å². The number of rotatable bonds is 3. The summed E-state index contributed by atoms with van der Waals surface area (Å²) in [6, 6.07) is 6.77. The molecule has 1 saturated heterocycles. The number of benzene rings is 1. The van der Waals surface area contributed by atoms with Crippen LogP contribution < -0.4 is 0 Å². The second-order valence-corrected chi connectivity index (χ2v) is 6.13. The van der Waals surface area contributed by atoms with Crippen LogP contribution in [0.25, 0.3) is 10.9 Å². The van der Waals surface area contributed by atoms with Gasteiger partial charge in [-0.25, -0.2) is 4.79 Å². The molecule has 1 fully saturated rings. The van der Waals surface area contributed by atoms with E-state index in [9.17, 15) is 14.4 Å². The highest BCUT2D eigenvalue weighted by Crippen LogP contribution is 2.21. The molecule has 114 valence electrons. The number of halogens is 1. The number of hydrogen-bond donors (Lipinski definition) is 1. The molecule has 22 heavy (non-hydrogen) atoms. The lowest BCUT2D eigenvalue weighted by molar-refractivity contribution is -0.130. The fraction of sp³-hybridized carbons (Fsp3) is 0.214. The number of fused-ring (bicyclic) bond motifs is 1. The molecular formula is C14H11ClN2O4S. The standard InChI is InChI=1S/C14H11ClN2O4S/c15-9-1-2-10-8(5-9)6-11(16-10)13(19)21-7-12(18)17-3-4-22-14(17)20/h1-2,5-6,16H,3-4,7H2. The lowest BCUT2D eigenvalue weighted by atomic mass is 10.2. The van der Waals surface area contributed by atoms with Crippen LogP contribution in [-0.2, 0) is 9.53 Å². The average molecular weight is 339 g/mol. The van der Waals surface area contributed by atoms with E-state index in [0.717, 1.165) is 27.6 Å². The van der Waals surface area contributed by atoms with Gasteiger partial charge in [-0.15, -0.1) is 0 Å². The lowest BCUT2D eigenvalue weighted by Gasteiger charge is -2.11. The van der Waals surface area contributed by atoms with Crippen LogP contribution in [0.2, 0.25) is 5.02 Å². The minimum absolute atomic E-state index is 0.229. The van der Waals surface area contributed by atoms with Gasteiger partial charge in [-0.3, -0.25) is 14.5 Å². The van der Waals surface area contributed by atoms with Crippen LogP contribution in [0, 0.1) is 0 Å². The van der Waals surface area contributed by atoms with Crippen LogP contribution in [-0.4, -0.2) is 45.9 Å². The van der Waals surface area contributed by atoms with Crippen LogP contribution in [0.1, 0.15) is 10.5 Å². The molecule has 1 N–H and O–H groups in total. The molecule has 1 aliphatic heterocycles. The first-order valence-electron chi connectivity index (χ1n) is 6.47. The number of thioether (sulfide) groups is 1. The summed E-state index contributed by atoms with van der Waals surface area (Å²) in [5.41, 5.74) is 0.973. The van der Waals surface area contributed by atoms with Gasteiger partial charge >= 0.3 is 5.97 Å². The van der Waals surface area contributed by atoms with Crippen molar-refractivity contribution in [1.29, 1.82) is 0 Å². The van der Waals surface area contributed by atoms with Crippen molar-refractivity contribution in [1.82, 2.24) is 9.88 Å². The summed E-state index contributed by atoms with van der Waals surface area (Å²) in [6.07, 6.45) is 0. The molecule has 2 aromatic rings. The van der Waals surface area contributed by atoms with Gasteiger partial charge in [0.05, 0.1) is 0 Å². The maximum Gasteiger partial charge on any atom is 0.355 e. The van der Waals surface area contributed by atoms with Crippen LogP contribution in [0.15, 0.2) is 24.3 Å². The van der Waals surface area contributed by atoms with Crippen molar-refractivity contribution in [2.45, 2.75) is 0 Å². The second kappa shape index (κ2) is 6.02. The van der Waals surface area contributed by atoms with E-state index in [4.69, 9.17) is 16.3 Å². The van der Waals surface area contributed by atoms with Crippen LogP contribution in [0.5, 0.6) is 0 Å². The number of carbonyl (C=O) groups is 3. The molecule has 0 aliphatic carbocycles. The van der Waals surface area contributed by atoms with Crippen molar-refractivity contribution < 1.29 is 19.1 Å². The van der Waals surface area contributed by atoms with Crippen molar-refractivity contribution >= 4 is 51.4 Å². The molecular weight excluding hydrogens is 328 g/mol. The van der Waals surface area contributed by atoms with E-state index in [0.29, 0.717) is 17.3 Å². The van der Waals surface area contributed by atoms with E-state index in [1.165, 1.54) is 0 Å². The van der Waals surface area contributed by atoms with Gasteiger partial charge in [0.25, 0.3) is 11.1 Å². The molecule has 0 unspecified atom stereocenters. The third kappa shape index (κ3) is 2.95. The largest absolute Gasteiger partial charge is 0.451 e. The predicted octanol–water partition coefficient (Wildman–Crippen LogP) is 2.67. The third-order valence-corrected chi connectivity index (χ3v) is 4.28. The molecule has 0 saturated carbocycles. The van der Waals surface area contributed by atoms with Gasteiger partial charge in [-0.2, -0.15) is 0 Å². The average Bonchev–Trinajstić information content (AvgIpc) is 3.09. The Morgan fingerprint density at radius 2 is 2.18 bits per heavy atom. The molecule has 2 amide bonds. The molecule has 3 rings (SSSR count). The molecule has 0 radical (unpaired) electrons. The smallest absolute Gasteiger partial charge is 0.355 e. The van der Waals surface area contributed by atoms with Gasteiger partial charge in [0.2, 0.25) is 0 Å². The minimum Gasteiger partial charge on any atom is -0.451 e. The second-order valence-electron chi connectivity index (χ2n) is 4.65. The van der Waals surface area contributed by atoms with E-state index in [2.05, 4.69) is 4.98 Å². The SMILES string of the molecule is O=C(OCC(=O)N1CCSC1=O)c1cc2cc(Cl)ccc2[nH]1. The lowest BCUT2D eigenvalue weighted by Crippen LogP contribution is -2.34. The van der Waals surface area contributed by atoms with E-state index in [1.54, 1.807) is 24.3 Å². The fourth-order valence-corrected chi connectivity index (χ4v) is 3.09. The van der Waals surface area contributed by atoms with Crippen LogP contribution in [0.4, 0.5) is 4.79 Å². The molecule has 1 aromatic carbocycles. The number of amides is 2. The molecule has 1 aliphatic rings. The van der Waals surface area contributed by atoms with E-state index < -0.39 is 18.5 Å². The Kier molecular flexibility index (Phi) is 4.08. The van der Waals surface area contributed by atoms with Gasteiger partial charge in [0, 0.05) is 28.2 Å². The molecule has 2 heterocycles. The van der Waals surface area contributed by atoms with E-state index >= 15 is 0 Å². The van der Waals surface area contributed by atoms with Crippen LogP contribution in [0.3, 0.4) is 0 Å². The number of hydrogen-bond acceptors (Lipinski definition) is 5. The maximum absolute atomic E-state index is 12.0. The van der Waals surface area contributed by atoms with E-state index in [-0.39, 0.29) is 10.9 Å². The van der Waals surface area contributed by atoms with Crippen molar-refractivity contribution in [2.24, 2.45) is 0 Å². The zero-order valence-electron chi connectivity index (χ0n) is 11.3. The van der Waals surface area contributed by atoms with Crippen molar-refractivity contribution in [3.05, 3.63) is 35.0 Å². The number of esters is 1. The fourth-order valence-electron chi connectivity index (χ4n) is 2.12. The number of nitrogens with zero attached hydrogens (tertiary/aromatic N) is 1. The van der Waals surface area contributed by atoms with Gasteiger partial charge in [0.1, 0.15) is 5.69 Å². The maximum atomic E-state index is 12.0. The van der Waals surface area contributed by atoms with Gasteiger partial charge in [-0.1, -0.05) is 23.4 Å². The van der Waals surface area contributed by atoms with Gasteiger partial charge < -0.3 is 9.72 Å². The predicted molar refractivity (Wildman–Crippen MR) is 83.2 cm³/mol. The zero-order chi connectivity index (χ0) is 15.7. The molecule has 8 heteroatoms. The zero-order valence-corrected chi connectivity index (χ0v) is 12.9. The number of H-pyrrole nitrogens is 1. The third-order valence-electron chi connectivity index (χ3n) is 3.19. The first-order chi connectivity index (χ1) is 10.5. The topological polar surface area (TPSA) is 79.5 Å². The first-order valence-corrected chi connectivity index (χ1v) is 7.83. The number of aromatic amines is 1. The Morgan fingerprint density at radius 1 is 1.36 bits per heavy atom. The highest BCUT2D eigenvalue weighted by molar-refractivity contribution is 8.13. The molecule has 6 nitrogen and oxygen atoms in total. The number of ether oxygens (including phenoxy) is 1. The Morgan fingerprint density at radius 3 is 2.91 bits per heavy atom.